The molecule has 0 saturated heterocycles. The molecule has 0 amide bonds. The molecule has 0 unspecified atom stereocenters. The maximum atomic E-state index is 13.7. The molecule has 0 atom stereocenters. The first kappa shape index (κ1) is 21.7. The van der Waals surface area contributed by atoms with Crippen molar-refractivity contribution >= 4 is 50.9 Å². The maximum absolute atomic E-state index is 13.7. The summed E-state index contributed by atoms with van der Waals surface area (Å²) >= 11 is 15.3. The number of hydrogen-bond acceptors (Lipinski definition) is 4. The molecule has 2 rings (SSSR count). The van der Waals surface area contributed by atoms with E-state index in [9.17, 15) is 19.1 Å². The van der Waals surface area contributed by atoms with Crippen molar-refractivity contribution in [3.63, 3.8) is 0 Å². The van der Waals surface area contributed by atoms with Crippen LogP contribution in [0.1, 0.15) is 41.3 Å². The Labute approximate surface area is 174 Å². The van der Waals surface area contributed by atoms with E-state index in [4.69, 9.17) is 27.9 Å². The van der Waals surface area contributed by atoms with Crippen LogP contribution in [-0.2, 0) is 16.0 Å². The van der Waals surface area contributed by atoms with Crippen molar-refractivity contribution in [2.45, 2.75) is 26.2 Å². The van der Waals surface area contributed by atoms with Crippen LogP contribution in [0.3, 0.4) is 0 Å². The summed E-state index contributed by atoms with van der Waals surface area (Å²) in [4.78, 5) is 23.9. The normalized spacial score (nSPS) is 10.7. The number of phenolic OH excluding ortho intramolecular Hbond substituents is 1. The van der Waals surface area contributed by atoms with Crippen molar-refractivity contribution in [1.82, 2.24) is 0 Å². The van der Waals surface area contributed by atoms with Gasteiger partial charge in [0.25, 0.3) is 0 Å². The molecule has 2 aromatic rings. The Balaban J connectivity index is 2.29. The van der Waals surface area contributed by atoms with Gasteiger partial charge in [0.1, 0.15) is 11.6 Å². The topological polar surface area (TPSA) is 63.6 Å². The molecule has 144 valence electrons. The van der Waals surface area contributed by atoms with Gasteiger partial charge in [-0.2, -0.15) is 0 Å². The first-order valence-corrected chi connectivity index (χ1v) is 9.62. The van der Waals surface area contributed by atoms with Crippen molar-refractivity contribution in [2.24, 2.45) is 0 Å². The van der Waals surface area contributed by atoms with E-state index in [-0.39, 0.29) is 42.2 Å². The molecule has 0 bridgehead atoms. The number of ketones is 1. The SMILES string of the molecule is CCOC(=O)CCC(=O)c1cc(Cc2c(Cl)ccc(F)c2Cl)cc(Br)c1O. The minimum absolute atomic E-state index is 0.0484. The average Bonchev–Trinajstić information content (AvgIpc) is 2.63. The van der Waals surface area contributed by atoms with E-state index in [0.717, 1.165) is 0 Å². The van der Waals surface area contributed by atoms with Crippen LogP contribution in [0.5, 0.6) is 5.75 Å². The smallest absolute Gasteiger partial charge is 0.306 e. The molecule has 0 heterocycles. The van der Waals surface area contributed by atoms with Gasteiger partial charge in [0.05, 0.1) is 28.1 Å². The minimum Gasteiger partial charge on any atom is -0.506 e. The number of phenols is 1. The lowest BCUT2D eigenvalue weighted by molar-refractivity contribution is -0.143. The van der Waals surface area contributed by atoms with Crippen LogP contribution < -0.4 is 0 Å². The number of halogens is 4. The Morgan fingerprint density at radius 2 is 1.93 bits per heavy atom. The highest BCUT2D eigenvalue weighted by atomic mass is 79.9. The van der Waals surface area contributed by atoms with Gasteiger partial charge in [0.15, 0.2) is 5.78 Å². The summed E-state index contributed by atoms with van der Waals surface area (Å²) in [5.74, 6) is -1.73. The fraction of sp³-hybridized carbons (Fsp3) is 0.263. The van der Waals surface area contributed by atoms with E-state index >= 15 is 0 Å². The summed E-state index contributed by atoms with van der Waals surface area (Å²) < 4.78 is 18.8. The lowest BCUT2D eigenvalue weighted by atomic mass is 9.98. The predicted molar refractivity (Wildman–Crippen MR) is 105 cm³/mol. The fourth-order valence-corrected chi connectivity index (χ4v) is 3.50. The van der Waals surface area contributed by atoms with Crippen LogP contribution in [0.2, 0.25) is 10.0 Å². The van der Waals surface area contributed by atoms with Crippen molar-refractivity contribution in [3.05, 3.63) is 61.3 Å². The van der Waals surface area contributed by atoms with Gasteiger partial charge in [0.2, 0.25) is 0 Å². The maximum Gasteiger partial charge on any atom is 0.306 e. The monoisotopic (exact) mass is 476 g/mol. The number of aromatic hydroxyl groups is 1. The Hall–Kier alpha value is -1.63. The number of esters is 1. The molecule has 0 fully saturated rings. The highest BCUT2D eigenvalue weighted by molar-refractivity contribution is 9.10. The molecule has 0 radical (unpaired) electrons. The second-order valence-electron chi connectivity index (χ2n) is 5.70. The third kappa shape index (κ3) is 5.43. The van der Waals surface area contributed by atoms with Crippen molar-refractivity contribution < 1.29 is 23.8 Å². The number of benzene rings is 2. The molecule has 0 aromatic heterocycles. The van der Waals surface area contributed by atoms with Gasteiger partial charge in [-0.3, -0.25) is 9.59 Å². The third-order valence-corrected chi connectivity index (χ3v) is 5.17. The average molecular weight is 478 g/mol. The van der Waals surface area contributed by atoms with Crippen LogP contribution >= 0.6 is 39.1 Å². The number of Topliss-reactive ketones (excluding diaryl/α,β-unsaturated/α-hetero) is 1. The molecule has 0 aliphatic carbocycles. The second-order valence-corrected chi connectivity index (χ2v) is 7.34. The van der Waals surface area contributed by atoms with Gasteiger partial charge >= 0.3 is 5.97 Å². The summed E-state index contributed by atoms with van der Waals surface area (Å²) in [6.07, 6.45) is -0.0360. The van der Waals surface area contributed by atoms with Gasteiger partial charge in [-0.05, 0) is 58.2 Å². The first-order chi connectivity index (χ1) is 12.7. The van der Waals surface area contributed by atoms with E-state index in [1.807, 2.05) is 0 Å². The lowest BCUT2D eigenvalue weighted by Gasteiger charge is -2.12. The molecule has 0 spiro atoms. The van der Waals surface area contributed by atoms with Crippen molar-refractivity contribution in [2.75, 3.05) is 6.61 Å². The number of carbonyl (C=O) groups is 2. The highest BCUT2D eigenvalue weighted by Gasteiger charge is 2.19. The fourth-order valence-electron chi connectivity index (χ4n) is 2.49. The van der Waals surface area contributed by atoms with Gasteiger partial charge in [-0.1, -0.05) is 23.2 Å². The third-order valence-electron chi connectivity index (χ3n) is 3.80. The zero-order valence-electron chi connectivity index (χ0n) is 14.3. The Bertz CT molecular complexity index is 886. The standard InChI is InChI=1S/C19H16BrCl2FO4/c1-2-27-17(25)6-5-16(24)12-8-10(9-13(20)19(12)26)7-11-14(21)3-4-15(23)18(11)22/h3-4,8-9,26H,2,5-7H2,1H3. The summed E-state index contributed by atoms with van der Waals surface area (Å²) in [5, 5.41) is 10.4. The zero-order chi connectivity index (χ0) is 20.1. The largest absolute Gasteiger partial charge is 0.506 e. The van der Waals surface area contributed by atoms with E-state index in [0.29, 0.717) is 20.6 Å². The lowest BCUT2D eigenvalue weighted by Crippen LogP contribution is -2.08. The minimum atomic E-state index is -0.598. The summed E-state index contributed by atoms with van der Waals surface area (Å²) in [6.45, 7) is 1.91. The van der Waals surface area contributed by atoms with Crippen LogP contribution in [0, 0.1) is 5.82 Å². The zero-order valence-corrected chi connectivity index (χ0v) is 17.4. The van der Waals surface area contributed by atoms with Crippen LogP contribution in [0.4, 0.5) is 4.39 Å². The van der Waals surface area contributed by atoms with Crippen LogP contribution in [-0.4, -0.2) is 23.5 Å². The van der Waals surface area contributed by atoms with Gasteiger partial charge in [-0.25, -0.2) is 4.39 Å². The summed E-state index contributed by atoms with van der Waals surface area (Å²) in [5.41, 5.74) is 1.02. The molecule has 2 aromatic carbocycles. The second kappa shape index (κ2) is 9.53. The quantitative estimate of drug-likeness (QED) is 0.315. The molecule has 0 aliphatic rings. The Morgan fingerprint density at radius 3 is 2.59 bits per heavy atom. The first-order valence-electron chi connectivity index (χ1n) is 8.07. The van der Waals surface area contributed by atoms with E-state index in [1.54, 1.807) is 13.0 Å². The molecule has 8 heteroatoms. The number of rotatable bonds is 7. The molecule has 27 heavy (non-hydrogen) atoms. The van der Waals surface area contributed by atoms with Crippen molar-refractivity contribution in [3.8, 4) is 5.75 Å². The molecular weight excluding hydrogens is 462 g/mol. The van der Waals surface area contributed by atoms with E-state index < -0.39 is 17.6 Å². The molecular formula is C19H16BrCl2FO4. The number of carbonyl (C=O) groups excluding carboxylic acids is 2. The Kier molecular flexibility index (Phi) is 7.65. The van der Waals surface area contributed by atoms with E-state index in [1.165, 1.54) is 18.2 Å². The predicted octanol–water partition coefficient (Wildman–Crippen LogP) is 5.72. The van der Waals surface area contributed by atoms with Crippen LogP contribution in [0.25, 0.3) is 0 Å². The number of ether oxygens (including phenoxy) is 1. The van der Waals surface area contributed by atoms with E-state index in [2.05, 4.69) is 15.9 Å². The summed E-state index contributed by atoms with van der Waals surface area (Å²) in [7, 11) is 0. The van der Waals surface area contributed by atoms with Gasteiger partial charge < -0.3 is 9.84 Å². The Morgan fingerprint density at radius 1 is 1.22 bits per heavy atom. The summed E-state index contributed by atoms with van der Waals surface area (Å²) in [6, 6.07) is 5.64. The molecule has 1 N–H and O–H groups in total. The van der Waals surface area contributed by atoms with Gasteiger partial charge in [-0.15, -0.1) is 0 Å². The molecule has 0 aliphatic heterocycles. The molecule has 4 nitrogen and oxygen atoms in total. The van der Waals surface area contributed by atoms with Crippen LogP contribution in [0.15, 0.2) is 28.7 Å². The van der Waals surface area contributed by atoms with Crippen molar-refractivity contribution in [1.29, 1.82) is 0 Å². The number of hydrogen-bond donors (Lipinski definition) is 1. The van der Waals surface area contributed by atoms with Gasteiger partial charge in [0, 0.05) is 17.9 Å². The highest BCUT2D eigenvalue weighted by Crippen LogP contribution is 2.34. The molecule has 0 saturated carbocycles.